The van der Waals surface area contributed by atoms with Crippen LogP contribution >= 0.6 is 0 Å². The number of aryl methyl sites for hydroxylation is 2. The lowest BCUT2D eigenvalue weighted by molar-refractivity contribution is -0.136. The number of ether oxygens (including phenoxy) is 1. The van der Waals surface area contributed by atoms with Crippen molar-refractivity contribution in [2.24, 2.45) is 0 Å². The van der Waals surface area contributed by atoms with E-state index in [1.165, 1.54) is 5.56 Å². The van der Waals surface area contributed by atoms with Crippen LogP contribution in [0.2, 0.25) is 0 Å². The van der Waals surface area contributed by atoms with Gasteiger partial charge in [-0.25, -0.2) is 0 Å². The number of aromatic nitrogens is 2. The van der Waals surface area contributed by atoms with Crippen molar-refractivity contribution < 1.29 is 14.6 Å². The van der Waals surface area contributed by atoms with Gasteiger partial charge in [-0.05, 0) is 25.5 Å². The quantitative estimate of drug-likeness (QED) is 0.837. The van der Waals surface area contributed by atoms with Crippen LogP contribution in [0.5, 0.6) is 5.75 Å². The molecule has 25 heavy (non-hydrogen) atoms. The fraction of sp³-hybridized carbons (Fsp3) is 0.474. The molecule has 1 N–H and O–H groups in total. The lowest BCUT2D eigenvalue weighted by atomic mass is 10.1. The molecule has 0 bridgehead atoms. The van der Waals surface area contributed by atoms with Gasteiger partial charge in [0.2, 0.25) is 0 Å². The monoisotopic (exact) mass is 343 g/mol. The van der Waals surface area contributed by atoms with Gasteiger partial charge in [0.1, 0.15) is 5.75 Å². The van der Waals surface area contributed by atoms with Crippen LogP contribution in [0, 0.1) is 0 Å². The molecule has 0 radical (unpaired) electrons. The Morgan fingerprint density at radius 2 is 2.16 bits per heavy atom. The van der Waals surface area contributed by atoms with E-state index in [2.05, 4.69) is 22.1 Å². The van der Waals surface area contributed by atoms with Crippen LogP contribution in [0.1, 0.15) is 36.7 Å². The number of nitrogens with zero attached hydrogens (tertiary/aromatic N) is 3. The summed E-state index contributed by atoms with van der Waals surface area (Å²) in [6.45, 7) is 6.21. The normalized spacial score (nSPS) is 14.8. The van der Waals surface area contributed by atoms with Crippen LogP contribution < -0.4 is 4.74 Å². The number of hydrogen-bond acceptors (Lipinski definition) is 4. The number of carboxylic acids is 1. The van der Waals surface area contributed by atoms with Crippen LogP contribution in [0.4, 0.5) is 0 Å². The van der Waals surface area contributed by atoms with E-state index in [-0.39, 0.29) is 6.42 Å². The van der Waals surface area contributed by atoms with Gasteiger partial charge in [0.15, 0.2) is 0 Å². The van der Waals surface area contributed by atoms with Crippen molar-refractivity contribution in [3.05, 3.63) is 47.3 Å². The first kappa shape index (κ1) is 17.5. The van der Waals surface area contributed by atoms with Crippen LogP contribution in [0.15, 0.2) is 30.3 Å². The second kappa shape index (κ2) is 8.16. The van der Waals surface area contributed by atoms with Crippen LogP contribution in [-0.2, 0) is 30.8 Å². The van der Waals surface area contributed by atoms with E-state index in [1.807, 2.05) is 29.8 Å². The maximum atomic E-state index is 10.8. The Hall–Kier alpha value is -2.34. The van der Waals surface area contributed by atoms with Crippen molar-refractivity contribution in [1.82, 2.24) is 14.7 Å². The zero-order valence-electron chi connectivity index (χ0n) is 14.6. The summed E-state index contributed by atoms with van der Waals surface area (Å²) in [4.78, 5) is 13.2. The molecule has 0 amide bonds. The number of carbonyl (C=O) groups is 1. The van der Waals surface area contributed by atoms with Crippen LogP contribution in [0.3, 0.4) is 0 Å². The second-order valence-electron chi connectivity index (χ2n) is 6.35. The summed E-state index contributed by atoms with van der Waals surface area (Å²) >= 11 is 0. The average Bonchev–Trinajstić information content (AvgIpc) is 2.87. The molecule has 1 aliphatic rings. The summed E-state index contributed by atoms with van der Waals surface area (Å²) in [5, 5.41) is 13.4. The highest BCUT2D eigenvalue weighted by molar-refractivity contribution is 5.66. The third-order valence-electron chi connectivity index (χ3n) is 4.41. The Kier molecular flexibility index (Phi) is 5.71. The van der Waals surface area contributed by atoms with Crippen molar-refractivity contribution >= 4 is 5.97 Å². The summed E-state index contributed by atoms with van der Waals surface area (Å²) in [7, 11) is 0. The molecular weight excluding hydrogens is 318 g/mol. The van der Waals surface area contributed by atoms with Gasteiger partial charge >= 0.3 is 5.97 Å². The van der Waals surface area contributed by atoms with Crippen molar-refractivity contribution in [3.8, 4) is 5.75 Å². The van der Waals surface area contributed by atoms with E-state index in [0.717, 1.165) is 49.7 Å². The Labute approximate surface area is 148 Å². The van der Waals surface area contributed by atoms with Gasteiger partial charge in [-0.1, -0.05) is 18.2 Å². The van der Waals surface area contributed by atoms with E-state index in [1.54, 1.807) is 0 Å². The number of rotatable bonds is 7. The molecule has 1 aromatic heterocycles. The van der Waals surface area contributed by atoms with E-state index in [9.17, 15) is 4.79 Å². The molecule has 1 aromatic carbocycles. The third-order valence-corrected chi connectivity index (χ3v) is 4.41. The van der Waals surface area contributed by atoms with Gasteiger partial charge in [-0.2, -0.15) is 5.10 Å². The number of para-hydroxylation sites is 1. The SMILES string of the molecule is CCOc1ccccc1CN1CCCn2nc(CCC(=O)O)cc2C1. The summed E-state index contributed by atoms with van der Waals surface area (Å²) in [5.41, 5.74) is 3.23. The molecular formula is C19H25N3O3. The lowest BCUT2D eigenvalue weighted by Crippen LogP contribution is -2.23. The molecule has 0 spiro atoms. The summed E-state index contributed by atoms with van der Waals surface area (Å²) < 4.78 is 7.77. The Balaban J connectivity index is 1.70. The molecule has 0 aliphatic carbocycles. The van der Waals surface area contributed by atoms with Crippen molar-refractivity contribution in [2.45, 2.75) is 45.8 Å². The van der Waals surface area contributed by atoms with Gasteiger partial charge in [0, 0.05) is 38.2 Å². The van der Waals surface area contributed by atoms with Crippen molar-refractivity contribution in [3.63, 3.8) is 0 Å². The number of hydrogen-bond donors (Lipinski definition) is 1. The molecule has 0 atom stereocenters. The molecule has 0 unspecified atom stereocenters. The predicted octanol–water partition coefficient (Wildman–Crippen LogP) is 2.70. The maximum absolute atomic E-state index is 10.8. The van der Waals surface area contributed by atoms with E-state index in [0.29, 0.717) is 13.0 Å². The van der Waals surface area contributed by atoms with E-state index >= 15 is 0 Å². The molecule has 2 aromatic rings. The van der Waals surface area contributed by atoms with Crippen molar-refractivity contribution in [2.75, 3.05) is 13.2 Å². The second-order valence-corrected chi connectivity index (χ2v) is 6.35. The molecule has 6 nitrogen and oxygen atoms in total. The predicted molar refractivity (Wildman–Crippen MR) is 94.5 cm³/mol. The number of aliphatic carboxylic acids is 1. The van der Waals surface area contributed by atoms with Gasteiger partial charge < -0.3 is 9.84 Å². The first-order valence-electron chi connectivity index (χ1n) is 8.86. The number of benzene rings is 1. The van der Waals surface area contributed by atoms with Crippen molar-refractivity contribution in [1.29, 1.82) is 0 Å². The molecule has 6 heteroatoms. The fourth-order valence-corrected chi connectivity index (χ4v) is 3.25. The molecule has 0 saturated carbocycles. The number of fused-ring (bicyclic) bond motifs is 1. The summed E-state index contributed by atoms with van der Waals surface area (Å²) in [5.74, 6) is 0.169. The average molecular weight is 343 g/mol. The molecule has 1 aliphatic heterocycles. The lowest BCUT2D eigenvalue weighted by Gasteiger charge is -2.21. The van der Waals surface area contributed by atoms with Gasteiger partial charge in [0.25, 0.3) is 0 Å². The first-order chi connectivity index (χ1) is 12.2. The fourth-order valence-electron chi connectivity index (χ4n) is 3.25. The van der Waals surface area contributed by atoms with Crippen LogP contribution in [-0.4, -0.2) is 38.9 Å². The molecule has 0 fully saturated rings. The minimum Gasteiger partial charge on any atom is -0.494 e. The third kappa shape index (κ3) is 4.60. The zero-order valence-corrected chi connectivity index (χ0v) is 14.6. The summed E-state index contributed by atoms with van der Waals surface area (Å²) in [6.07, 6.45) is 1.65. The standard InChI is InChI=1S/C19H25N3O3/c1-2-25-18-7-4-3-6-15(18)13-21-10-5-11-22-17(14-21)12-16(20-22)8-9-19(23)24/h3-4,6-7,12H,2,5,8-11,13-14H2,1H3,(H,23,24). The van der Waals surface area contributed by atoms with Crippen LogP contribution in [0.25, 0.3) is 0 Å². The van der Waals surface area contributed by atoms with Gasteiger partial charge in [-0.3, -0.25) is 14.4 Å². The maximum Gasteiger partial charge on any atom is 0.303 e. The topological polar surface area (TPSA) is 67.6 Å². The van der Waals surface area contributed by atoms with Gasteiger partial charge in [0.05, 0.1) is 24.4 Å². The summed E-state index contributed by atoms with van der Waals surface area (Å²) in [6, 6.07) is 10.2. The van der Waals surface area contributed by atoms with E-state index < -0.39 is 5.97 Å². The number of carboxylic acid groups (broad SMARTS) is 1. The molecule has 134 valence electrons. The molecule has 0 saturated heterocycles. The largest absolute Gasteiger partial charge is 0.494 e. The molecule has 2 heterocycles. The Bertz CT molecular complexity index is 726. The highest BCUT2D eigenvalue weighted by atomic mass is 16.5. The Morgan fingerprint density at radius 1 is 1.32 bits per heavy atom. The van der Waals surface area contributed by atoms with E-state index in [4.69, 9.17) is 9.84 Å². The highest BCUT2D eigenvalue weighted by Crippen LogP contribution is 2.22. The molecule has 3 rings (SSSR count). The minimum atomic E-state index is -0.780. The minimum absolute atomic E-state index is 0.127. The zero-order chi connectivity index (χ0) is 17.6. The smallest absolute Gasteiger partial charge is 0.303 e. The Morgan fingerprint density at radius 3 is 2.96 bits per heavy atom. The highest BCUT2D eigenvalue weighted by Gasteiger charge is 2.18. The van der Waals surface area contributed by atoms with Gasteiger partial charge in [-0.15, -0.1) is 0 Å². The first-order valence-corrected chi connectivity index (χ1v) is 8.86.